The van der Waals surface area contributed by atoms with Gasteiger partial charge in [-0.1, -0.05) is 13.8 Å². The molecule has 0 spiro atoms. The topological polar surface area (TPSA) is 78.0 Å². The summed E-state index contributed by atoms with van der Waals surface area (Å²) in [5.74, 6) is -0.846. The Morgan fingerprint density at radius 1 is 1.71 bits per heavy atom. The lowest BCUT2D eigenvalue weighted by atomic mass is 10.1. The highest BCUT2D eigenvalue weighted by atomic mass is 16.4. The van der Waals surface area contributed by atoms with Gasteiger partial charge >= 0.3 is 5.97 Å². The van der Waals surface area contributed by atoms with Gasteiger partial charge in [0.1, 0.15) is 6.04 Å². The molecule has 0 aromatic carbocycles. The van der Waals surface area contributed by atoms with Crippen LogP contribution in [0, 0.1) is 0 Å². The molecule has 0 aliphatic carbocycles. The lowest BCUT2D eigenvalue weighted by Gasteiger charge is -2.15. The number of rotatable bonds is 5. The lowest BCUT2D eigenvalue weighted by molar-refractivity contribution is -0.139. The SMILES string of the molecule is CC(C)N[C@@H](Cc1c[nH]cn1)C(=O)O. The molecule has 0 saturated heterocycles. The highest BCUT2D eigenvalue weighted by Gasteiger charge is 2.18. The molecule has 0 fully saturated rings. The summed E-state index contributed by atoms with van der Waals surface area (Å²) in [5, 5.41) is 11.9. The number of nitrogens with one attached hydrogen (secondary N) is 2. The molecule has 0 bridgehead atoms. The summed E-state index contributed by atoms with van der Waals surface area (Å²) in [4.78, 5) is 17.6. The van der Waals surface area contributed by atoms with Crippen LogP contribution in [0.1, 0.15) is 19.5 Å². The van der Waals surface area contributed by atoms with Crippen molar-refractivity contribution in [3.05, 3.63) is 18.2 Å². The van der Waals surface area contributed by atoms with Gasteiger partial charge in [0.15, 0.2) is 0 Å². The Balaban J connectivity index is 2.56. The first kappa shape index (κ1) is 10.7. The fraction of sp³-hybridized carbons (Fsp3) is 0.556. The number of hydrogen-bond acceptors (Lipinski definition) is 3. The molecule has 0 radical (unpaired) electrons. The van der Waals surface area contributed by atoms with Gasteiger partial charge in [0.25, 0.3) is 0 Å². The number of carboxylic acid groups (broad SMARTS) is 1. The Morgan fingerprint density at radius 2 is 2.43 bits per heavy atom. The van der Waals surface area contributed by atoms with Crippen LogP contribution >= 0.6 is 0 Å². The molecule has 5 heteroatoms. The van der Waals surface area contributed by atoms with E-state index in [1.54, 1.807) is 12.5 Å². The van der Waals surface area contributed by atoms with Crippen LogP contribution in [-0.4, -0.2) is 33.1 Å². The van der Waals surface area contributed by atoms with Crippen LogP contribution in [0.15, 0.2) is 12.5 Å². The standard InChI is InChI=1S/C9H15N3O2/c1-6(2)12-8(9(13)14)3-7-4-10-5-11-7/h4-6,8,12H,3H2,1-2H3,(H,10,11)(H,13,14)/t8-/m0/s1. The van der Waals surface area contributed by atoms with E-state index in [1.165, 1.54) is 0 Å². The van der Waals surface area contributed by atoms with Crippen molar-refractivity contribution >= 4 is 5.97 Å². The number of imidazole rings is 1. The van der Waals surface area contributed by atoms with Crippen LogP contribution in [-0.2, 0) is 11.2 Å². The number of carboxylic acids is 1. The zero-order chi connectivity index (χ0) is 10.6. The van der Waals surface area contributed by atoms with Gasteiger partial charge in [0.2, 0.25) is 0 Å². The van der Waals surface area contributed by atoms with Gasteiger partial charge in [-0.2, -0.15) is 0 Å². The Hall–Kier alpha value is -1.36. The van der Waals surface area contributed by atoms with E-state index < -0.39 is 12.0 Å². The zero-order valence-corrected chi connectivity index (χ0v) is 8.32. The molecule has 3 N–H and O–H groups in total. The van der Waals surface area contributed by atoms with E-state index in [0.29, 0.717) is 6.42 Å². The van der Waals surface area contributed by atoms with Crippen molar-refractivity contribution in [2.24, 2.45) is 0 Å². The highest BCUT2D eigenvalue weighted by molar-refractivity contribution is 5.73. The van der Waals surface area contributed by atoms with Gasteiger partial charge < -0.3 is 15.4 Å². The van der Waals surface area contributed by atoms with Gasteiger partial charge in [-0.15, -0.1) is 0 Å². The number of H-pyrrole nitrogens is 1. The molecular weight excluding hydrogens is 182 g/mol. The van der Waals surface area contributed by atoms with Gasteiger partial charge in [-0.3, -0.25) is 4.79 Å². The number of hydrogen-bond donors (Lipinski definition) is 3. The Kier molecular flexibility index (Phi) is 3.64. The molecule has 1 heterocycles. The molecule has 5 nitrogen and oxygen atoms in total. The third-order valence-electron chi connectivity index (χ3n) is 1.80. The van der Waals surface area contributed by atoms with Crippen molar-refractivity contribution in [1.29, 1.82) is 0 Å². The molecule has 14 heavy (non-hydrogen) atoms. The van der Waals surface area contributed by atoms with Crippen LogP contribution < -0.4 is 5.32 Å². The maximum Gasteiger partial charge on any atom is 0.321 e. The Labute approximate surface area is 82.6 Å². The number of aromatic nitrogens is 2. The van der Waals surface area contributed by atoms with Crippen molar-refractivity contribution in [3.63, 3.8) is 0 Å². The van der Waals surface area contributed by atoms with Gasteiger partial charge in [0.05, 0.1) is 12.0 Å². The Bertz CT molecular complexity index is 282. The molecule has 0 saturated carbocycles. The lowest BCUT2D eigenvalue weighted by Crippen LogP contribution is -2.42. The minimum Gasteiger partial charge on any atom is -0.480 e. The van der Waals surface area contributed by atoms with Crippen molar-refractivity contribution in [1.82, 2.24) is 15.3 Å². The molecule has 0 amide bonds. The summed E-state index contributed by atoms with van der Waals surface area (Å²) in [7, 11) is 0. The van der Waals surface area contributed by atoms with E-state index in [4.69, 9.17) is 5.11 Å². The summed E-state index contributed by atoms with van der Waals surface area (Å²) in [6.45, 7) is 3.83. The second-order valence-corrected chi connectivity index (χ2v) is 3.48. The fourth-order valence-corrected chi connectivity index (χ4v) is 1.23. The normalized spacial score (nSPS) is 13.1. The molecule has 0 unspecified atom stereocenters. The summed E-state index contributed by atoms with van der Waals surface area (Å²) >= 11 is 0. The third-order valence-corrected chi connectivity index (χ3v) is 1.80. The first-order valence-corrected chi connectivity index (χ1v) is 4.56. The van der Waals surface area contributed by atoms with E-state index in [0.717, 1.165) is 5.69 Å². The summed E-state index contributed by atoms with van der Waals surface area (Å²) in [6, 6.07) is -0.423. The first-order valence-electron chi connectivity index (χ1n) is 4.56. The Morgan fingerprint density at radius 3 is 2.86 bits per heavy atom. The number of carbonyl (C=O) groups is 1. The van der Waals surface area contributed by atoms with E-state index in [2.05, 4.69) is 15.3 Å². The van der Waals surface area contributed by atoms with Crippen LogP contribution in [0.2, 0.25) is 0 Å². The van der Waals surface area contributed by atoms with Gasteiger partial charge in [-0.05, 0) is 0 Å². The van der Waals surface area contributed by atoms with Crippen molar-refractivity contribution in [2.45, 2.75) is 32.4 Å². The van der Waals surface area contributed by atoms with Gasteiger partial charge in [-0.25, -0.2) is 4.98 Å². The van der Waals surface area contributed by atoms with Crippen molar-refractivity contribution < 1.29 is 9.90 Å². The summed E-state index contributed by atoms with van der Waals surface area (Å²) < 4.78 is 0. The van der Waals surface area contributed by atoms with Gasteiger partial charge in [0, 0.05) is 18.7 Å². The number of aromatic amines is 1. The maximum atomic E-state index is 10.9. The molecule has 0 aliphatic heterocycles. The van der Waals surface area contributed by atoms with Crippen LogP contribution in [0.4, 0.5) is 0 Å². The predicted octanol–water partition coefficient (Wildman–Crippen LogP) is 0.403. The molecule has 0 aliphatic rings. The molecule has 1 atom stereocenters. The van der Waals surface area contributed by atoms with Crippen molar-refractivity contribution in [2.75, 3.05) is 0 Å². The van der Waals surface area contributed by atoms with E-state index >= 15 is 0 Å². The molecule has 1 rings (SSSR count). The zero-order valence-electron chi connectivity index (χ0n) is 8.32. The summed E-state index contributed by atoms with van der Waals surface area (Å²) in [5.41, 5.74) is 0.755. The second kappa shape index (κ2) is 4.76. The summed E-state index contributed by atoms with van der Waals surface area (Å²) in [6.07, 6.45) is 3.65. The van der Waals surface area contributed by atoms with E-state index in [9.17, 15) is 4.79 Å². The largest absolute Gasteiger partial charge is 0.480 e. The number of aliphatic carboxylic acids is 1. The third kappa shape index (κ3) is 3.18. The highest BCUT2D eigenvalue weighted by Crippen LogP contribution is 1.99. The van der Waals surface area contributed by atoms with Crippen molar-refractivity contribution in [3.8, 4) is 0 Å². The molecular formula is C9H15N3O2. The first-order chi connectivity index (χ1) is 6.59. The fourth-order valence-electron chi connectivity index (χ4n) is 1.23. The van der Waals surface area contributed by atoms with E-state index in [-0.39, 0.29) is 6.04 Å². The van der Waals surface area contributed by atoms with Crippen LogP contribution in [0.25, 0.3) is 0 Å². The number of nitrogens with zero attached hydrogens (tertiary/aromatic N) is 1. The average Bonchev–Trinajstić information content (AvgIpc) is 2.54. The minimum absolute atomic E-state index is 0.148. The molecule has 1 aromatic heterocycles. The predicted molar refractivity (Wildman–Crippen MR) is 52.0 cm³/mol. The molecule has 1 aromatic rings. The smallest absolute Gasteiger partial charge is 0.321 e. The minimum atomic E-state index is -0.846. The monoisotopic (exact) mass is 197 g/mol. The van der Waals surface area contributed by atoms with Crippen LogP contribution in [0.5, 0.6) is 0 Å². The maximum absolute atomic E-state index is 10.9. The molecule has 78 valence electrons. The quantitative estimate of drug-likeness (QED) is 0.638. The average molecular weight is 197 g/mol. The van der Waals surface area contributed by atoms with E-state index in [1.807, 2.05) is 13.8 Å². The van der Waals surface area contributed by atoms with Crippen LogP contribution in [0.3, 0.4) is 0 Å². The second-order valence-electron chi connectivity index (χ2n) is 3.48.